The maximum absolute atomic E-state index is 3.67. The third-order valence-electron chi connectivity index (χ3n) is 4.90. The van der Waals surface area contributed by atoms with Gasteiger partial charge in [0.25, 0.3) is 0 Å². The van der Waals surface area contributed by atoms with Gasteiger partial charge in [-0.1, -0.05) is 12.8 Å². The van der Waals surface area contributed by atoms with Crippen LogP contribution in [0.1, 0.15) is 51.4 Å². The summed E-state index contributed by atoms with van der Waals surface area (Å²) in [5, 5.41) is 7.34. The maximum Gasteiger partial charge on any atom is 0.00793 e. The van der Waals surface area contributed by atoms with E-state index >= 15 is 0 Å². The van der Waals surface area contributed by atoms with Gasteiger partial charge in [0.05, 0.1) is 0 Å². The van der Waals surface area contributed by atoms with E-state index in [4.69, 9.17) is 0 Å². The van der Waals surface area contributed by atoms with Gasteiger partial charge >= 0.3 is 0 Å². The largest absolute Gasteiger partial charge is 0.315 e. The van der Waals surface area contributed by atoms with Crippen LogP contribution in [0.2, 0.25) is 0 Å². The van der Waals surface area contributed by atoms with E-state index in [2.05, 4.69) is 10.6 Å². The summed E-state index contributed by atoms with van der Waals surface area (Å²) in [5.74, 6) is 1.10. The molecule has 0 unspecified atom stereocenters. The van der Waals surface area contributed by atoms with Crippen LogP contribution < -0.4 is 10.6 Å². The van der Waals surface area contributed by atoms with Gasteiger partial charge in [-0.05, 0) is 49.9 Å². The Morgan fingerprint density at radius 2 is 1.69 bits per heavy atom. The molecule has 0 spiro atoms. The van der Waals surface area contributed by atoms with Crippen LogP contribution in [0.15, 0.2) is 0 Å². The molecule has 3 rings (SSSR count). The van der Waals surface area contributed by atoms with Gasteiger partial charge in [0.2, 0.25) is 0 Å². The molecule has 0 aromatic carbocycles. The van der Waals surface area contributed by atoms with Crippen molar-refractivity contribution in [3.63, 3.8) is 0 Å². The third-order valence-corrected chi connectivity index (χ3v) is 4.90. The Hall–Kier alpha value is -0.0800. The Morgan fingerprint density at radius 1 is 0.938 bits per heavy atom. The molecular formula is C14H26N2. The standard InChI is InChI=1S/C14H26N2/c1-2-4-13(3-1)16-10-9-15-11-14(7-8-14)12-5-6-12/h12-13,15-16H,1-11H2. The van der Waals surface area contributed by atoms with E-state index in [1.165, 1.54) is 71.0 Å². The molecule has 3 saturated carbocycles. The smallest absolute Gasteiger partial charge is 0.00793 e. The first-order valence-electron chi connectivity index (χ1n) is 7.33. The van der Waals surface area contributed by atoms with Crippen LogP contribution in [-0.2, 0) is 0 Å². The molecule has 0 radical (unpaired) electrons. The van der Waals surface area contributed by atoms with Crippen LogP contribution in [0.25, 0.3) is 0 Å². The number of hydrogen-bond donors (Lipinski definition) is 2. The number of nitrogens with one attached hydrogen (secondary N) is 2. The summed E-state index contributed by atoms with van der Waals surface area (Å²) in [6.07, 6.45) is 11.7. The van der Waals surface area contributed by atoms with Crippen molar-refractivity contribution in [1.29, 1.82) is 0 Å². The predicted octanol–water partition coefficient (Wildman–Crippen LogP) is 2.30. The highest BCUT2D eigenvalue weighted by Crippen LogP contribution is 2.60. The lowest BCUT2D eigenvalue weighted by molar-refractivity contribution is 0.398. The van der Waals surface area contributed by atoms with Crippen LogP contribution in [0.5, 0.6) is 0 Å². The minimum absolute atomic E-state index is 0.771. The fourth-order valence-corrected chi connectivity index (χ4v) is 3.42. The molecule has 92 valence electrons. The molecule has 0 saturated heterocycles. The fourth-order valence-electron chi connectivity index (χ4n) is 3.42. The van der Waals surface area contributed by atoms with Crippen molar-refractivity contribution in [3.05, 3.63) is 0 Å². The summed E-state index contributed by atoms with van der Waals surface area (Å²) in [7, 11) is 0. The van der Waals surface area contributed by atoms with Crippen LogP contribution in [0.3, 0.4) is 0 Å². The number of rotatable bonds is 7. The first kappa shape index (κ1) is 11.0. The summed E-state index contributed by atoms with van der Waals surface area (Å²) in [4.78, 5) is 0. The quantitative estimate of drug-likeness (QED) is 0.646. The Kier molecular flexibility index (Phi) is 3.21. The Bertz CT molecular complexity index is 225. The van der Waals surface area contributed by atoms with Crippen LogP contribution in [0, 0.1) is 11.3 Å². The van der Waals surface area contributed by atoms with Crippen LogP contribution in [-0.4, -0.2) is 25.7 Å². The second-order valence-electron chi connectivity index (χ2n) is 6.25. The van der Waals surface area contributed by atoms with E-state index in [1.807, 2.05) is 0 Å². The van der Waals surface area contributed by atoms with E-state index in [-0.39, 0.29) is 0 Å². The van der Waals surface area contributed by atoms with Crippen LogP contribution in [0.4, 0.5) is 0 Å². The van der Waals surface area contributed by atoms with E-state index in [0.29, 0.717) is 0 Å². The van der Waals surface area contributed by atoms with Crippen molar-refractivity contribution < 1.29 is 0 Å². The van der Waals surface area contributed by atoms with Crippen LogP contribution >= 0.6 is 0 Å². The third kappa shape index (κ3) is 2.60. The highest BCUT2D eigenvalue weighted by molar-refractivity contribution is 5.04. The van der Waals surface area contributed by atoms with Gasteiger partial charge in [0.15, 0.2) is 0 Å². The Balaban J connectivity index is 1.24. The molecule has 0 amide bonds. The van der Waals surface area contributed by atoms with E-state index < -0.39 is 0 Å². The highest BCUT2D eigenvalue weighted by Gasteiger charge is 2.52. The zero-order valence-electron chi connectivity index (χ0n) is 10.4. The average molecular weight is 222 g/mol. The summed E-state index contributed by atoms with van der Waals surface area (Å²) in [5.41, 5.74) is 0.771. The SMILES string of the molecule is C1CCC(NCCNCC2(C3CC3)CC2)C1. The summed E-state index contributed by atoms with van der Waals surface area (Å²) in [6.45, 7) is 3.64. The minimum Gasteiger partial charge on any atom is -0.315 e. The monoisotopic (exact) mass is 222 g/mol. The topological polar surface area (TPSA) is 24.1 Å². The maximum atomic E-state index is 3.67. The summed E-state index contributed by atoms with van der Waals surface area (Å²) in [6, 6.07) is 0.833. The molecule has 0 bridgehead atoms. The van der Waals surface area contributed by atoms with Gasteiger partial charge in [-0.3, -0.25) is 0 Å². The van der Waals surface area contributed by atoms with Gasteiger partial charge in [-0.2, -0.15) is 0 Å². The summed E-state index contributed by atoms with van der Waals surface area (Å²) < 4.78 is 0. The Labute approximate surface area is 99.6 Å². The van der Waals surface area contributed by atoms with E-state index in [9.17, 15) is 0 Å². The molecule has 0 aromatic rings. The molecule has 3 aliphatic rings. The highest BCUT2D eigenvalue weighted by atomic mass is 15.0. The van der Waals surface area contributed by atoms with Crippen molar-refractivity contribution in [2.45, 2.75) is 57.4 Å². The van der Waals surface area contributed by atoms with Crippen molar-refractivity contribution >= 4 is 0 Å². The molecule has 16 heavy (non-hydrogen) atoms. The molecule has 0 aromatic heterocycles. The molecule has 0 atom stereocenters. The second-order valence-corrected chi connectivity index (χ2v) is 6.25. The zero-order valence-corrected chi connectivity index (χ0v) is 10.4. The molecule has 0 aliphatic heterocycles. The van der Waals surface area contributed by atoms with Crippen molar-refractivity contribution in [3.8, 4) is 0 Å². The molecule has 3 fully saturated rings. The first-order chi connectivity index (χ1) is 7.89. The molecule has 2 N–H and O–H groups in total. The van der Waals surface area contributed by atoms with E-state index in [1.54, 1.807) is 0 Å². The average Bonchev–Trinajstić information content (AvgIpc) is 3.18. The molecule has 3 aliphatic carbocycles. The normalized spacial score (nSPS) is 28.5. The van der Waals surface area contributed by atoms with Gasteiger partial charge in [-0.15, -0.1) is 0 Å². The Morgan fingerprint density at radius 3 is 2.31 bits per heavy atom. The zero-order chi connectivity index (χ0) is 10.8. The first-order valence-corrected chi connectivity index (χ1v) is 7.33. The minimum atomic E-state index is 0.771. The predicted molar refractivity (Wildman–Crippen MR) is 67.5 cm³/mol. The lowest BCUT2D eigenvalue weighted by atomic mass is 10.0. The van der Waals surface area contributed by atoms with Crippen molar-refractivity contribution in [1.82, 2.24) is 10.6 Å². The molecule has 2 heteroatoms. The molecule has 2 nitrogen and oxygen atoms in total. The van der Waals surface area contributed by atoms with Gasteiger partial charge in [0.1, 0.15) is 0 Å². The van der Waals surface area contributed by atoms with Gasteiger partial charge in [-0.25, -0.2) is 0 Å². The van der Waals surface area contributed by atoms with Gasteiger partial charge < -0.3 is 10.6 Å². The lowest BCUT2D eigenvalue weighted by Crippen LogP contribution is -2.35. The fraction of sp³-hybridized carbons (Fsp3) is 1.00. The van der Waals surface area contributed by atoms with Crippen molar-refractivity contribution in [2.75, 3.05) is 19.6 Å². The van der Waals surface area contributed by atoms with Gasteiger partial charge in [0, 0.05) is 25.7 Å². The van der Waals surface area contributed by atoms with E-state index in [0.717, 1.165) is 17.4 Å². The molecule has 0 heterocycles. The second kappa shape index (κ2) is 4.66. The lowest BCUT2D eigenvalue weighted by Gasteiger charge is -2.16. The summed E-state index contributed by atoms with van der Waals surface area (Å²) >= 11 is 0. The molecular weight excluding hydrogens is 196 g/mol. The number of hydrogen-bond acceptors (Lipinski definition) is 2. The van der Waals surface area contributed by atoms with Crippen molar-refractivity contribution in [2.24, 2.45) is 11.3 Å².